The lowest BCUT2D eigenvalue weighted by Crippen LogP contribution is -2.39. The van der Waals surface area contributed by atoms with E-state index in [9.17, 15) is 4.79 Å². The Morgan fingerprint density at radius 2 is 2.54 bits per heavy atom. The lowest BCUT2D eigenvalue weighted by atomic mass is 10.2. The fourth-order valence-electron chi connectivity index (χ4n) is 1.39. The number of hydrogen-bond donors (Lipinski definition) is 2. The molecule has 0 aromatic heterocycles. The molecule has 0 saturated carbocycles. The molecule has 2 atom stereocenters. The fraction of sp³-hybridized carbons (Fsp3) is 0.889. The van der Waals surface area contributed by atoms with Gasteiger partial charge in [-0.1, -0.05) is 0 Å². The van der Waals surface area contributed by atoms with Crippen molar-refractivity contribution in [3.05, 3.63) is 0 Å². The van der Waals surface area contributed by atoms with Crippen LogP contribution in [0.15, 0.2) is 0 Å². The van der Waals surface area contributed by atoms with Crippen LogP contribution in [-0.4, -0.2) is 31.2 Å². The number of hydrogen-bond acceptors (Lipinski definition) is 3. The normalized spacial score (nSPS) is 24.3. The number of carbonyl (C=O) groups is 1. The molecule has 0 spiro atoms. The standard InChI is InChI=1S/C9H18N2O2/c1-7(10)9(12)11-5-4-8-3-2-6-13-8/h7-8H,2-6,10H2,1H3,(H,11,12)/t7-,8?/m1/s1. The Balaban J connectivity index is 2.03. The summed E-state index contributed by atoms with van der Waals surface area (Å²) < 4.78 is 5.41. The number of nitrogens with two attached hydrogens (primary N) is 1. The van der Waals surface area contributed by atoms with Crippen LogP contribution >= 0.6 is 0 Å². The second-order valence-corrected chi connectivity index (χ2v) is 3.50. The van der Waals surface area contributed by atoms with Crippen molar-refractivity contribution < 1.29 is 9.53 Å². The first-order valence-corrected chi connectivity index (χ1v) is 4.85. The molecule has 4 heteroatoms. The molecule has 1 fully saturated rings. The lowest BCUT2D eigenvalue weighted by Gasteiger charge is -2.11. The highest BCUT2D eigenvalue weighted by Crippen LogP contribution is 2.14. The van der Waals surface area contributed by atoms with Gasteiger partial charge in [0, 0.05) is 13.2 Å². The van der Waals surface area contributed by atoms with E-state index in [0.29, 0.717) is 12.6 Å². The van der Waals surface area contributed by atoms with Gasteiger partial charge in [-0.25, -0.2) is 0 Å². The Morgan fingerprint density at radius 3 is 3.08 bits per heavy atom. The van der Waals surface area contributed by atoms with E-state index in [-0.39, 0.29) is 5.91 Å². The second-order valence-electron chi connectivity index (χ2n) is 3.50. The zero-order chi connectivity index (χ0) is 9.68. The Bertz CT molecular complexity index is 165. The molecule has 0 aromatic carbocycles. The average molecular weight is 186 g/mol. The van der Waals surface area contributed by atoms with Crippen molar-refractivity contribution in [2.45, 2.75) is 38.3 Å². The summed E-state index contributed by atoms with van der Waals surface area (Å²) in [7, 11) is 0. The minimum Gasteiger partial charge on any atom is -0.378 e. The summed E-state index contributed by atoms with van der Waals surface area (Å²) >= 11 is 0. The summed E-state index contributed by atoms with van der Waals surface area (Å²) in [6, 6.07) is -0.413. The summed E-state index contributed by atoms with van der Waals surface area (Å²) in [6.07, 6.45) is 3.51. The Morgan fingerprint density at radius 1 is 1.77 bits per heavy atom. The smallest absolute Gasteiger partial charge is 0.236 e. The third-order valence-electron chi connectivity index (χ3n) is 2.20. The SMILES string of the molecule is C[C@@H](N)C(=O)NCCC1CCCO1. The maximum absolute atomic E-state index is 11.0. The van der Waals surface area contributed by atoms with Crippen molar-refractivity contribution in [3.8, 4) is 0 Å². The number of ether oxygens (including phenoxy) is 1. The number of nitrogens with one attached hydrogen (secondary N) is 1. The van der Waals surface area contributed by atoms with Gasteiger partial charge in [0.1, 0.15) is 0 Å². The molecule has 1 aliphatic heterocycles. The number of rotatable bonds is 4. The quantitative estimate of drug-likeness (QED) is 0.650. The van der Waals surface area contributed by atoms with Crippen LogP contribution in [0, 0.1) is 0 Å². The first-order chi connectivity index (χ1) is 6.20. The molecule has 1 rings (SSSR count). The van der Waals surface area contributed by atoms with Crippen molar-refractivity contribution in [2.75, 3.05) is 13.2 Å². The topological polar surface area (TPSA) is 64.4 Å². The first kappa shape index (κ1) is 10.5. The van der Waals surface area contributed by atoms with Crippen LogP contribution in [0.1, 0.15) is 26.2 Å². The molecule has 1 unspecified atom stereocenters. The van der Waals surface area contributed by atoms with Crippen LogP contribution in [0.2, 0.25) is 0 Å². The van der Waals surface area contributed by atoms with Crippen molar-refractivity contribution in [2.24, 2.45) is 5.73 Å². The van der Waals surface area contributed by atoms with Gasteiger partial charge in [-0.15, -0.1) is 0 Å². The minimum atomic E-state index is -0.413. The van der Waals surface area contributed by atoms with E-state index in [1.807, 2.05) is 0 Å². The van der Waals surface area contributed by atoms with E-state index in [2.05, 4.69) is 5.32 Å². The predicted octanol–water partition coefficient (Wildman–Crippen LogP) is 0.0189. The molecule has 4 nitrogen and oxygen atoms in total. The molecule has 1 amide bonds. The Kier molecular flexibility index (Phi) is 4.18. The lowest BCUT2D eigenvalue weighted by molar-refractivity contribution is -0.122. The molecule has 0 aromatic rings. The molecule has 1 aliphatic rings. The molecule has 0 bridgehead atoms. The van der Waals surface area contributed by atoms with Crippen LogP contribution in [0.5, 0.6) is 0 Å². The van der Waals surface area contributed by atoms with Crippen molar-refractivity contribution in [1.82, 2.24) is 5.32 Å². The van der Waals surface area contributed by atoms with Gasteiger partial charge in [0.05, 0.1) is 12.1 Å². The predicted molar refractivity (Wildman–Crippen MR) is 50.3 cm³/mol. The van der Waals surface area contributed by atoms with Crippen molar-refractivity contribution >= 4 is 5.91 Å². The van der Waals surface area contributed by atoms with Gasteiger partial charge in [0.25, 0.3) is 0 Å². The van der Waals surface area contributed by atoms with Gasteiger partial charge >= 0.3 is 0 Å². The molecule has 3 N–H and O–H groups in total. The largest absolute Gasteiger partial charge is 0.378 e. The van der Waals surface area contributed by atoms with Gasteiger partial charge in [-0.05, 0) is 26.2 Å². The van der Waals surface area contributed by atoms with E-state index in [1.165, 1.54) is 0 Å². The Hall–Kier alpha value is -0.610. The highest BCUT2D eigenvalue weighted by atomic mass is 16.5. The van der Waals surface area contributed by atoms with Gasteiger partial charge in [0.2, 0.25) is 5.91 Å². The number of carbonyl (C=O) groups excluding carboxylic acids is 1. The minimum absolute atomic E-state index is 0.0852. The Labute approximate surface area is 78.8 Å². The molecule has 76 valence electrons. The van der Waals surface area contributed by atoms with Crippen LogP contribution in [0.25, 0.3) is 0 Å². The van der Waals surface area contributed by atoms with E-state index in [1.54, 1.807) is 6.92 Å². The van der Waals surface area contributed by atoms with Crippen LogP contribution in [0.3, 0.4) is 0 Å². The molecular formula is C9H18N2O2. The second kappa shape index (κ2) is 5.19. The van der Waals surface area contributed by atoms with E-state index in [4.69, 9.17) is 10.5 Å². The molecular weight excluding hydrogens is 168 g/mol. The van der Waals surface area contributed by atoms with E-state index in [0.717, 1.165) is 25.9 Å². The molecule has 13 heavy (non-hydrogen) atoms. The fourth-order valence-corrected chi connectivity index (χ4v) is 1.39. The van der Waals surface area contributed by atoms with Gasteiger partial charge in [-0.3, -0.25) is 4.79 Å². The van der Waals surface area contributed by atoms with Gasteiger partial charge in [-0.2, -0.15) is 0 Å². The van der Waals surface area contributed by atoms with E-state index >= 15 is 0 Å². The highest BCUT2D eigenvalue weighted by Gasteiger charge is 2.15. The zero-order valence-electron chi connectivity index (χ0n) is 8.08. The average Bonchev–Trinajstić information content (AvgIpc) is 2.56. The third-order valence-corrected chi connectivity index (χ3v) is 2.20. The van der Waals surface area contributed by atoms with Gasteiger partial charge in [0.15, 0.2) is 0 Å². The highest BCUT2D eigenvalue weighted by molar-refractivity contribution is 5.80. The van der Waals surface area contributed by atoms with Crippen molar-refractivity contribution in [3.63, 3.8) is 0 Å². The third kappa shape index (κ3) is 3.74. The van der Waals surface area contributed by atoms with Crippen LogP contribution in [-0.2, 0) is 9.53 Å². The van der Waals surface area contributed by atoms with E-state index < -0.39 is 6.04 Å². The number of amides is 1. The summed E-state index contributed by atoms with van der Waals surface area (Å²) in [4.78, 5) is 11.0. The maximum Gasteiger partial charge on any atom is 0.236 e. The van der Waals surface area contributed by atoms with Crippen molar-refractivity contribution in [1.29, 1.82) is 0 Å². The van der Waals surface area contributed by atoms with Crippen LogP contribution in [0.4, 0.5) is 0 Å². The summed E-state index contributed by atoms with van der Waals surface area (Å²) in [5, 5.41) is 2.77. The summed E-state index contributed by atoms with van der Waals surface area (Å²) in [6.45, 7) is 3.22. The molecule has 0 aliphatic carbocycles. The zero-order valence-corrected chi connectivity index (χ0v) is 8.08. The molecule has 0 radical (unpaired) electrons. The monoisotopic (exact) mass is 186 g/mol. The van der Waals surface area contributed by atoms with Crippen LogP contribution < -0.4 is 11.1 Å². The van der Waals surface area contributed by atoms with Gasteiger partial charge < -0.3 is 15.8 Å². The maximum atomic E-state index is 11.0. The molecule has 1 heterocycles. The first-order valence-electron chi connectivity index (χ1n) is 4.85. The summed E-state index contributed by atoms with van der Waals surface area (Å²) in [5.74, 6) is -0.0852. The summed E-state index contributed by atoms with van der Waals surface area (Å²) in [5.41, 5.74) is 5.39. The molecule has 1 saturated heterocycles.